The highest BCUT2D eigenvalue weighted by Crippen LogP contribution is 2.24. The van der Waals surface area contributed by atoms with Gasteiger partial charge in [-0.05, 0) is 32.0 Å². The number of sulfonamides is 1. The first kappa shape index (κ1) is 20.7. The normalized spacial score (nSPS) is 11.4. The van der Waals surface area contributed by atoms with Crippen LogP contribution in [0.5, 0.6) is 5.75 Å². The lowest BCUT2D eigenvalue weighted by Gasteiger charge is -2.12. The van der Waals surface area contributed by atoms with Gasteiger partial charge in [0.05, 0.1) is 7.11 Å². The SMILES string of the molecule is COc1ccc(F)cc1S(=O)(=O)NCCNc1cc(-n2ccnc2C)nc(C)n1. The fourth-order valence-corrected chi connectivity index (χ4v) is 3.91. The van der Waals surface area contributed by atoms with E-state index in [0.29, 0.717) is 17.5 Å². The van der Waals surface area contributed by atoms with Gasteiger partial charge in [-0.1, -0.05) is 0 Å². The molecule has 3 rings (SSSR count). The van der Waals surface area contributed by atoms with E-state index in [1.165, 1.54) is 13.2 Å². The van der Waals surface area contributed by atoms with Gasteiger partial charge in [0.1, 0.15) is 39.7 Å². The summed E-state index contributed by atoms with van der Waals surface area (Å²) in [6.07, 6.45) is 3.47. The molecule has 0 fully saturated rings. The monoisotopic (exact) mass is 420 g/mol. The number of imidazole rings is 1. The number of hydrogen-bond acceptors (Lipinski definition) is 7. The Morgan fingerprint density at radius 3 is 2.66 bits per heavy atom. The summed E-state index contributed by atoms with van der Waals surface area (Å²) in [5, 5.41) is 3.05. The minimum atomic E-state index is -3.94. The van der Waals surface area contributed by atoms with E-state index in [-0.39, 0.29) is 23.7 Å². The van der Waals surface area contributed by atoms with Gasteiger partial charge in [-0.2, -0.15) is 0 Å². The van der Waals surface area contributed by atoms with Gasteiger partial charge in [0.15, 0.2) is 0 Å². The molecule has 0 saturated carbocycles. The first-order valence-electron chi connectivity index (χ1n) is 8.73. The average molecular weight is 420 g/mol. The largest absolute Gasteiger partial charge is 0.495 e. The molecule has 0 amide bonds. The van der Waals surface area contributed by atoms with Crippen molar-refractivity contribution in [3.63, 3.8) is 0 Å². The Hall–Kier alpha value is -3.05. The van der Waals surface area contributed by atoms with Crippen LogP contribution in [0.1, 0.15) is 11.6 Å². The van der Waals surface area contributed by atoms with E-state index in [0.717, 1.165) is 18.0 Å². The number of rotatable bonds is 8. The summed E-state index contributed by atoms with van der Waals surface area (Å²) in [5.41, 5.74) is 0. The number of aryl methyl sites for hydroxylation is 2. The zero-order chi connectivity index (χ0) is 21.0. The van der Waals surface area contributed by atoms with Crippen LogP contribution in [0.25, 0.3) is 5.82 Å². The van der Waals surface area contributed by atoms with Crippen molar-refractivity contribution in [2.24, 2.45) is 0 Å². The maximum atomic E-state index is 13.5. The highest BCUT2D eigenvalue weighted by molar-refractivity contribution is 7.89. The fourth-order valence-electron chi connectivity index (χ4n) is 2.70. The summed E-state index contributed by atoms with van der Waals surface area (Å²) < 4.78 is 47.6. The first-order chi connectivity index (χ1) is 13.8. The van der Waals surface area contributed by atoms with Crippen molar-refractivity contribution in [2.75, 3.05) is 25.5 Å². The lowest BCUT2D eigenvalue weighted by atomic mass is 10.3. The lowest BCUT2D eigenvalue weighted by molar-refractivity contribution is 0.400. The van der Waals surface area contributed by atoms with Crippen LogP contribution in [-0.2, 0) is 10.0 Å². The molecule has 0 aliphatic carbocycles. The first-order valence-corrected chi connectivity index (χ1v) is 10.2. The smallest absolute Gasteiger partial charge is 0.244 e. The number of methoxy groups -OCH3 is 1. The Kier molecular flexibility index (Phi) is 6.09. The van der Waals surface area contributed by atoms with Gasteiger partial charge in [0, 0.05) is 31.5 Å². The summed E-state index contributed by atoms with van der Waals surface area (Å²) in [6.45, 7) is 3.94. The highest BCUT2D eigenvalue weighted by Gasteiger charge is 2.20. The zero-order valence-corrected chi connectivity index (χ0v) is 17.0. The molecule has 11 heteroatoms. The number of halogens is 1. The maximum Gasteiger partial charge on any atom is 0.244 e. The topological polar surface area (TPSA) is 111 Å². The molecule has 1 aromatic carbocycles. The Labute approximate surface area is 168 Å². The molecule has 2 N–H and O–H groups in total. The van der Waals surface area contributed by atoms with Gasteiger partial charge in [-0.15, -0.1) is 0 Å². The van der Waals surface area contributed by atoms with E-state index in [1.54, 1.807) is 25.4 Å². The molecule has 3 aromatic rings. The molecule has 0 bridgehead atoms. The number of aromatic nitrogens is 4. The molecule has 0 atom stereocenters. The van der Waals surface area contributed by atoms with E-state index in [2.05, 4.69) is 25.0 Å². The van der Waals surface area contributed by atoms with Gasteiger partial charge < -0.3 is 10.1 Å². The highest BCUT2D eigenvalue weighted by atomic mass is 32.2. The molecule has 0 radical (unpaired) electrons. The molecule has 29 heavy (non-hydrogen) atoms. The third-order valence-corrected chi connectivity index (χ3v) is 5.52. The number of nitrogens with zero attached hydrogens (tertiary/aromatic N) is 4. The van der Waals surface area contributed by atoms with E-state index in [9.17, 15) is 12.8 Å². The number of anilines is 1. The predicted octanol–water partition coefficient (Wildman–Crippen LogP) is 1.82. The second-order valence-electron chi connectivity index (χ2n) is 6.12. The third kappa shape index (κ3) is 4.87. The van der Waals surface area contributed by atoms with Crippen LogP contribution in [0.15, 0.2) is 41.6 Å². The minimum absolute atomic E-state index is 0.0600. The van der Waals surface area contributed by atoms with E-state index in [1.807, 2.05) is 11.5 Å². The fraction of sp³-hybridized carbons (Fsp3) is 0.278. The van der Waals surface area contributed by atoms with Crippen LogP contribution in [0.3, 0.4) is 0 Å². The lowest BCUT2D eigenvalue weighted by Crippen LogP contribution is -2.29. The van der Waals surface area contributed by atoms with E-state index < -0.39 is 15.8 Å². The van der Waals surface area contributed by atoms with E-state index >= 15 is 0 Å². The molecule has 0 aliphatic rings. The van der Waals surface area contributed by atoms with Crippen LogP contribution in [0, 0.1) is 19.7 Å². The van der Waals surface area contributed by atoms with Crippen molar-refractivity contribution in [1.29, 1.82) is 0 Å². The molecule has 0 aliphatic heterocycles. The molecule has 154 valence electrons. The minimum Gasteiger partial charge on any atom is -0.495 e. The van der Waals surface area contributed by atoms with Crippen molar-refractivity contribution in [2.45, 2.75) is 18.7 Å². The summed E-state index contributed by atoms with van der Waals surface area (Å²) in [7, 11) is -2.61. The van der Waals surface area contributed by atoms with Gasteiger partial charge in [0.2, 0.25) is 10.0 Å². The summed E-state index contributed by atoms with van der Waals surface area (Å²) in [5.74, 6) is 1.94. The number of hydrogen-bond donors (Lipinski definition) is 2. The van der Waals surface area contributed by atoms with Crippen LogP contribution in [0.4, 0.5) is 10.2 Å². The molecule has 0 unspecified atom stereocenters. The van der Waals surface area contributed by atoms with Gasteiger partial charge >= 0.3 is 0 Å². The van der Waals surface area contributed by atoms with Crippen LogP contribution >= 0.6 is 0 Å². The van der Waals surface area contributed by atoms with Gasteiger partial charge in [-0.25, -0.2) is 32.5 Å². The second-order valence-corrected chi connectivity index (χ2v) is 7.86. The quantitative estimate of drug-likeness (QED) is 0.535. The zero-order valence-electron chi connectivity index (χ0n) is 16.2. The van der Waals surface area contributed by atoms with Crippen molar-refractivity contribution in [1.82, 2.24) is 24.2 Å². The molecule has 0 saturated heterocycles. The Morgan fingerprint density at radius 1 is 1.17 bits per heavy atom. The van der Waals surface area contributed by atoms with Crippen molar-refractivity contribution < 1.29 is 17.5 Å². The maximum absolute atomic E-state index is 13.5. The van der Waals surface area contributed by atoms with Gasteiger partial charge in [0.25, 0.3) is 0 Å². The average Bonchev–Trinajstić information content (AvgIpc) is 3.11. The Bertz CT molecular complexity index is 1120. The van der Waals surface area contributed by atoms with Crippen molar-refractivity contribution in [3.05, 3.63) is 54.1 Å². The summed E-state index contributed by atoms with van der Waals surface area (Å²) in [6, 6.07) is 5.07. The molecule has 0 spiro atoms. The number of benzene rings is 1. The Morgan fingerprint density at radius 2 is 1.97 bits per heavy atom. The molecule has 2 aromatic heterocycles. The van der Waals surface area contributed by atoms with Crippen molar-refractivity contribution in [3.8, 4) is 11.6 Å². The van der Waals surface area contributed by atoms with Crippen LogP contribution in [-0.4, -0.2) is 48.1 Å². The van der Waals surface area contributed by atoms with Crippen LogP contribution in [0.2, 0.25) is 0 Å². The molecule has 2 heterocycles. The molecule has 9 nitrogen and oxygen atoms in total. The Balaban J connectivity index is 1.66. The standard InChI is InChI=1S/C18H21FN6O3S/c1-12-23-17(11-18(24-12)25-9-8-20-13(25)2)21-6-7-22-29(26,27)16-10-14(19)4-5-15(16)28-3/h4-5,8-11,22H,6-7H2,1-3H3,(H,21,23,24). The van der Waals surface area contributed by atoms with Gasteiger partial charge in [-0.3, -0.25) is 4.57 Å². The number of nitrogens with one attached hydrogen (secondary N) is 2. The third-order valence-electron chi connectivity index (χ3n) is 4.04. The van der Waals surface area contributed by atoms with E-state index in [4.69, 9.17) is 4.74 Å². The molecular formula is C18H21FN6O3S. The number of ether oxygens (including phenoxy) is 1. The molecular weight excluding hydrogens is 399 g/mol. The summed E-state index contributed by atoms with van der Waals surface area (Å²) >= 11 is 0. The second kappa shape index (κ2) is 8.53. The van der Waals surface area contributed by atoms with Crippen LogP contribution < -0.4 is 14.8 Å². The predicted molar refractivity (Wildman–Crippen MR) is 105 cm³/mol. The summed E-state index contributed by atoms with van der Waals surface area (Å²) in [4.78, 5) is 12.6. The van der Waals surface area contributed by atoms with Crippen molar-refractivity contribution >= 4 is 15.8 Å².